The lowest BCUT2D eigenvalue weighted by Crippen LogP contribution is -2.42. The number of anilines is 1. The predicted molar refractivity (Wildman–Crippen MR) is 89.6 cm³/mol. The van der Waals surface area contributed by atoms with E-state index in [4.69, 9.17) is 0 Å². The van der Waals surface area contributed by atoms with E-state index in [2.05, 4.69) is 15.0 Å². The van der Waals surface area contributed by atoms with Gasteiger partial charge in [-0.05, 0) is 18.6 Å². The fraction of sp³-hybridized carbons (Fsp3) is 0.357. The minimum atomic E-state index is -4.01. The van der Waals surface area contributed by atoms with E-state index in [1.807, 2.05) is 6.92 Å². The zero-order valence-corrected chi connectivity index (χ0v) is 14.4. The summed E-state index contributed by atoms with van der Waals surface area (Å²) in [5.74, 6) is 0. The Labute approximate surface area is 139 Å². The number of nitrogens with one attached hydrogen (secondary N) is 2. The highest BCUT2D eigenvalue weighted by Gasteiger charge is 2.20. The van der Waals surface area contributed by atoms with Crippen LogP contribution < -0.4 is 21.3 Å². The minimum Gasteiger partial charge on any atom is -0.383 e. The maximum atomic E-state index is 12.3. The molecule has 0 aliphatic heterocycles. The lowest BCUT2D eigenvalue weighted by Gasteiger charge is -2.11. The van der Waals surface area contributed by atoms with Crippen molar-refractivity contribution in [3.8, 4) is 0 Å². The highest BCUT2D eigenvalue weighted by atomic mass is 32.2. The average molecular weight is 353 g/mol. The molecule has 10 heteroatoms. The molecule has 0 aromatic carbocycles. The molecule has 0 unspecified atom stereocenters. The van der Waals surface area contributed by atoms with Crippen LogP contribution in [0.1, 0.15) is 5.56 Å². The van der Waals surface area contributed by atoms with Crippen LogP contribution >= 0.6 is 0 Å². The summed E-state index contributed by atoms with van der Waals surface area (Å²) in [6.07, 6.45) is 4.35. The van der Waals surface area contributed by atoms with Crippen LogP contribution in [-0.4, -0.2) is 35.6 Å². The molecule has 130 valence electrons. The maximum absolute atomic E-state index is 12.3. The van der Waals surface area contributed by atoms with Crippen molar-refractivity contribution >= 4 is 15.7 Å². The van der Waals surface area contributed by atoms with Gasteiger partial charge in [0, 0.05) is 51.5 Å². The SMILES string of the molecule is Cc1cnccc1NCCNS(=O)(=O)c1cn(C)c(=O)n(C)c1=O. The Bertz CT molecular complexity index is 962. The van der Waals surface area contributed by atoms with Gasteiger partial charge in [-0.3, -0.25) is 14.3 Å². The highest BCUT2D eigenvalue weighted by Crippen LogP contribution is 2.10. The van der Waals surface area contributed by atoms with Gasteiger partial charge >= 0.3 is 5.69 Å². The third-order valence-corrected chi connectivity index (χ3v) is 4.90. The fourth-order valence-corrected chi connectivity index (χ4v) is 3.28. The summed E-state index contributed by atoms with van der Waals surface area (Å²) in [5, 5.41) is 3.08. The Balaban J connectivity index is 2.09. The Morgan fingerprint density at radius 3 is 2.58 bits per heavy atom. The standard InChI is InChI=1S/C14H19N5O4S/c1-10-8-15-5-4-11(10)16-6-7-17-24(22,23)12-9-18(2)14(21)19(3)13(12)20/h4-5,8-9,17H,6-7H2,1-3H3,(H,15,16). The van der Waals surface area contributed by atoms with Gasteiger partial charge in [0.15, 0.2) is 4.90 Å². The van der Waals surface area contributed by atoms with Crippen LogP contribution in [0, 0.1) is 6.92 Å². The van der Waals surface area contributed by atoms with Crippen molar-refractivity contribution in [1.82, 2.24) is 18.8 Å². The summed E-state index contributed by atoms with van der Waals surface area (Å²) in [6, 6.07) is 1.78. The van der Waals surface area contributed by atoms with E-state index in [0.717, 1.165) is 26.6 Å². The third-order valence-electron chi connectivity index (χ3n) is 3.46. The van der Waals surface area contributed by atoms with Gasteiger partial charge in [-0.2, -0.15) is 0 Å². The third kappa shape index (κ3) is 3.71. The van der Waals surface area contributed by atoms with Crippen LogP contribution in [-0.2, 0) is 24.1 Å². The molecule has 2 heterocycles. The molecular formula is C14H19N5O4S. The number of hydrogen-bond acceptors (Lipinski definition) is 6. The van der Waals surface area contributed by atoms with Crippen molar-refractivity contribution in [2.24, 2.45) is 14.1 Å². The molecule has 0 saturated heterocycles. The predicted octanol–water partition coefficient (Wildman–Crippen LogP) is -0.822. The first-order valence-corrected chi connectivity index (χ1v) is 8.63. The summed E-state index contributed by atoms with van der Waals surface area (Å²) in [5.41, 5.74) is 0.340. The van der Waals surface area contributed by atoms with Gasteiger partial charge in [0.1, 0.15) is 0 Å². The van der Waals surface area contributed by atoms with E-state index in [1.165, 1.54) is 14.1 Å². The molecular weight excluding hydrogens is 334 g/mol. The lowest BCUT2D eigenvalue weighted by atomic mass is 10.2. The van der Waals surface area contributed by atoms with Gasteiger partial charge < -0.3 is 9.88 Å². The van der Waals surface area contributed by atoms with Gasteiger partial charge in [-0.15, -0.1) is 0 Å². The molecule has 0 radical (unpaired) electrons. The highest BCUT2D eigenvalue weighted by molar-refractivity contribution is 7.89. The van der Waals surface area contributed by atoms with Crippen molar-refractivity contribution in [2.75, 3.05) is 18.4 Å². The normalized spacial score (nSPS) is 11.5. The van der Waals surface area contributed by atoms with Crippen LogP contribution in [0.2, 0.25) is 0 Å². The molecule has 0 saturated carbocycles. The van der Waals surface area contributed by atoms with Crippen molar-refractivity contribution in [1.29, 1.82) is 0 Å². The van der Waals surface area contributed by atoms with Crippen molar-refractivity contribution in [3.05, 3.63) is 51.1 Å². The first-order chi connectivity index (χ1) is 11.2. The Morgan fingerprint density at radius 2 is 1.92 bits per heavy atom. The topological polar surface area (TPSA) is 115 Å². The molecule has 0 bridgehead atoms. The van der Waals surface area contributed by atoms with Crippen LogP contribution in [0.25, 0.3) is 0 Å². The molecule has 0 atom stereocenters. The molecule has 2 N–H and O–H groups in total. The molecule has 0 aliphatic carbocycles. The molecule has 0 fully saturated rings. The molecule has 2 rings (SSSR count). The van der Waals surface area contributed by atoms with Crippen LogP contribution in [0.15, 0.2) is 39.1 Å². The lowest BCUT2D eigenvalue weighted by molar-refractivity contribution is 0.572. The number of sulfonamides is 1. The molecule has 0 amide bonds. The first kappa shape index (κ1) is 17.9. The van der Waals surface area contributed by atoms with Crippen LogP contribution in [0.5, 0.6) is 0 Å². The summed E-state index contributed by atoms with van der Waals surface area (Å²) in [4.78, 5) is 27.1. The van der Waals surface area contributed by atoms with E-state index < -0.39 is 26.2 Å². The van der Waals surface area contributed by atoms with E-state index in [0.29, 0.717) is 6.54 Å². The maximum Gasteiger partial charge on any atom is 0.330 e. The second-order valence-electron chi connectivity index (χ2n) is 5.27. The molecule has 0 spiro atoms. The number of nitrogens with zero attached hydrogens (tertiary/aromatic N) is 3. The number of rotatable bonds is 6. The van der Waals surface area contributed by atoms with E-state index >= 15 is 0 Å². The second kappa shape index (κ2) is 6.97. The monoisotopic (exact) mass is 353 g/mol. The number of aromatic nitrogens is 3. The molecule has 2 aromatic heterocycles. The molecule has 0 aliphatic rings. The molecule has 9 nitrogen and oxygen atoms in total. The van der Waals surface area contributed by atoms with Crippen LogP contribution in [0.4, 0.5) is 5.69 Å². The van der Waals surface area contributed by atoms with E-state index in [1.54, 1.807) is 18.5 Å². The Hall–Kier alpha value is -2.46. The first-order valence-electron chi connectivity index (χ1n) is 7.15. The average Bonchev–Trinajstić information content (AvgIpc) is 2.54. The quantitative estimate of drug-likeness (QED) is 0.656. The number of hydrogen-bond donors (Lipinski definition) is 2. The Morgan fingerprint density at radius 1 is 1.21 bits per heavy atom. The zero-order chi connectivity index (χ0) is 17.9. The number of pyridine rings is 1. The number of aryl methyl sites for hydroxylation is 2. The smallest absolute Gasteiger partial charge is 0.330 e. The van der Waals surface area contributed by atoms with Gasteiger partial charge in [0.2, 0.25) is 10.0 Å². The minimum absolute atomic E-state index is 0.0795. The molecule has 2 aromatic rings. The summed E-state index contributed by atoms with van der Waals surface area (Å²) < 4.78 is 28.7. The van der Waals surface area contributed by atoms with Gasteiger partial charge in [-0.25, -0.2) is 17.9 Å². The summed E-state index contributed by atoms with van der Waals surface area (Å²) >= 11 is 0. The second-order valence-corrected chi connectivity index (χ2v) is 7.00. The van der Waals surface area contributed by atoms with Crippen LogP contribution in [0.3, 0.4) is 0 Å². The van der Waals surface area contributed by atoms with Gasteiger partial charge in [0.25, 0.3) is 5.56 Å². The summed E-state index contributed by atoms with van der Waals surface area (Å²) in [6.45, 7) is 2.29. The van der Waals surface area contributed by atoms with E-state index in [-0.39, 0.29) is 6.54 Å². The Kier molecular flexibility index (Phi) is 5.20. The fourth-order valence-electron chi connectivity index (χ4n) is 2.09. The molecule has 24 heavy (non-hydrogen) atoms. The summed E-state index contributed by atoms with van der Waals surface area (Å²) in [7, 11) is -1.40. The van der Waals surface area contributed by atoms with Gasteiger partial charge in [0.05, 0.1) is 0 Å². The van der Waals surface area contributed by atoms with E-state index in [9.17, 15) is 18.0 Å². The van der Waals surface area contributed by atoms with Gasteiger partial charge in [-0.1, -0.05) is 0 Å². The largest absolute Gasteiger partial charge is 0.383 e. The van der Waals surface area contributed by atoms with Crippen molar-refractivity contribution in [2.45, 2.75) is 11.8 Å². The van der Waals surface area contributed by atoms with Crippen molar-refractivity contribution < 1.29 is 8.42 Å². The zero-order valence-electron chi connectivity index (χ0n) is 13.6. The van der Waals surface area contributed by atoms with Crippen molar-refractivity contribution in [3.63, 3.8) is 0 Å².